The van der Waals surface area contributed by atoms with E-state index in [0.29, 0.717) is 60.5 Å². The van der Waals surface area contributed by atoms with Gasteiger partial charge in [-0.3, -0.25) is 19.3 Å². The summed E-state index contributed by atoms with van der Waals surface area (Å²) in [5.74, 6) is -2.27. The summed E-state index contributed by atoms with van der Waals surface area (Å²) < 4.78 is 34.8. The smallest absolute Gasteiger partial charge is 0.251 e. The molecule has 1 amide bonds. The molecule has 4 aromatic carbocycles. The Bertz CT molecular complexity index is 1770. The predicted octanol–water partition coefficient (Wildman–Crippen LogP) is 6.02. The number of Topliss-reactive ketones (excluding diaryl/α,β-unsaturated/α-hetero) is 1. The molecule has 0 aromatic heterocycles. The van der Waals surface area contributed by atoms with E-state index in [4.69, 9.17) is 4.74 Å². The van der Waals surface area contributed by atoms with Crippen molar-refractivity contribution in [2.75, 3.05) is 44.7 Å². The Balaban J connectivity index is 0.00000250. The van der Waals surface area contributed by atoms with Crippen LogP contribution in [0.5, 0.6) is 0 Å². The second-order valence-electron chi connectivity index (χ2n) is 11.3. The van der Waals surface area contributed by atoms with Gasteiger partial charge in [0, 0.05) is 69.5 Å². The van der Waals surface area contributed by atoms with Crippen LogP contribution in [0.25, 0.3) is 0 Å². The number of nitrogens with zero attached hydrogens (tertiary/aromatic N) is 1. The van der Waals surface area contributed by atoms with Crippen LogP contribution in [-0.4, -0.2) is 61.8 Å². The summed E-state index contributed by atoms with van der Waals surface area (Å²) in [6.07, 6.45) is 0.945. The second-order valence-corrected chi connectivity index (χ2v) is 11.3. The first kappa shape index (κ1) is 30.3. The van der Waals surface area contributed by atoms with Crippen LogP contribution in [0.2, 0.25) is 0 Å². The van der Waals surface area contributed by atoms with Gasteiger partial charge in [0.05, 0.1) is 18.9 Å². The fourth-order valence-electron chi connectivity index (χ4n) is 5.80. The summed E-state index contributed by atoms with van der Waals surface area (Å²) in [5.41, 5.74) is 4.15. The van der Waals surface area contributed by atoms with Crippen molar-refractivity contribution in [1.29, 1.82) is 0 Å². The Labute approximate surface area is 263 Å². The standard InChI is InChI=1S/C36H33F2N3O4.2H2/c37-31-22-32(38)33(20-27(31)21-34(42)24-4-2-1-3-5-24)40-28-10-11-29-25(18-28)8-6-23-7-9-26(19-30(23)35(29)43)36(44)39-12-13-41-14-16-45-17-15-41;;/h1-5,7,9-11,18-20,22,40H,6,8,12-17,21H2,(H,39,44);2*1H. The van der Waals surface area contributed by atoms with Crippen LogP contribution in [0.1, 0.15) is 56.2 Å². The molecule has 6 rings (SSSR count). The fraction of sp³-hybridized carbons (Fsp3) is 0.250. The van der Waals surface area contributed by atoms with E-state index >= 15 is 0 Å². The SMILES string of the molecule is O=C(Cc1cc(Nc2ccc3c(c2)CCc2ccc(C(=O)NCCN4CCOCC4)cc2C3=O)c(F)cc1F)c1ccccc1.[HH].[HH]. The second kappa shape index (κ2) is 13.5. The molecule has 2 aliphatic rings. The third-order valence-corrected chi connectivity index (χ3v) is 8.31. The number of benzene rings is 4. The normalized spacial score (nSPS) is 14.7. The predicted molar refractivity (Wildman–Crippen MR) is 172 cm³/mol. The Morgan fingerprint density at radius 2 is 1.60 bits per heavy atom. The molecule has 2 N–H and O–H groups in total. The number of rotatable bonds is 9. The van der Waals surface area contributed by atoms with Gasteiger partial charge in [-0.1, -0.05) is 36.4 Å². The molecule has 1 saturated heterocycles. The molecule has 1 aliphatic heterocycles. The summed E-state index contributed by atoms with van der Waals surface area (Å²) in [7, 11) is 0. The summed E-state index contributed by atoms with van der Waals surface area (Å²) in [4.78, 5) is 41.4. The Morgan fingerprint density at radius 3 is 2.40 bits per heavy atom. The highest BCUT2D eigenvalue weighted by Crippen LogP contribution is 2.30. The minimum Gasteiger partial charge on any atom is -0.379 e. The molecule has 9 heteroatoms. The number of morpholine rings is 1. The monoisotopic (exact) mass is 613 g/mol. The summed E-state index contributed by atoms with van der Waals surface area (Å²) in [6.45, 7) is 4.31. The highest BCUT2D eigenvalue weighted by molar-refractivity contribution is 6.12. The maximum absolute atomic E-state index is 14.8. The minimum atomic E-state index is -0.794. The van der Waals surface area contributed by atoms with Crippen LogP contribution < -0.4 is 10.6 Å². The van der Waals surface area contributed by atoms with Crippen molar-refractivity contribution in [3.05, 3.63) is 129 Å². The third kappa shape index (κ3) is 7.00. The number of hydrogen-bond acceptors (Lipinski definition) is 6. The van der Waals surface area contributed by atoms with E-state index in [2.05, 4.69) is 15.5 Å². The number of carbonyl (C=O) groups is 3. The summed E-state index contributed by atoms with van der Waals surface area (Å²) in [5, 5.41) is 5.95. The minimum absolute atomic E-state index is 0. The molecular weight excluding hydrogens is 576 g/mol. The van der Waals surface area contributed by atoms with Gasteiger partial charge in [-0.05, 0) is 65.9 Å². The van der Waals surface area contributed by atoms with Gasteiger partial charge in [0.15, 0.2) is 11.6 Å². The lowest BCUT2D eigenvalue weighted by molar-refractivity contribution is 0.0383. The third-order valence-electron chi connectivity index (χ3n) is 8.31. The van der Waals surface area contributed by atoms with E-state index in [1.165, 1.54) is 6.07 Å². The van der Waals surface area contributed by atoms with Crippen molar-refractivity contribution in [2.24, 2.45) is 0 Å². The zero-order chi connectivity index (χ0) is 31.3. The van der Waals surface area contributed by atoms with E-state index < -0.39 is 11.6 Å². The topological polar surface area (TPSA) is 87.7 Å². The average molecular weight is 614 g/mol. The number of carbonyl (C=O) groups excluding carboxylic acids is 3. The van der Waals surface area contributed by atoms with Gasteiger partial charge < -0.3 is 15.4 Å². The van der Waals surface area contributed by atoms with Gasteiger partial charge in [-0.25, -0.2) is 8.78 Å². The zero-order valence-corrected chi connectivity index (χ0v) is 24.7. The number of fused-ring (bicyclic) bond motifs is 2. The van der Waals surface area contributed by atoms with E-state index in [9.17, 15) is 23.2 Å². The molecule has 0 saturated carbocycles. The molecule has 45 heavy (non-hydrogen) atoms. The first-order chi connectivity index (χ1) is 21.9. The lowest BCUT2D eigenvalue weighted by atomic mass is 9.96. The molecule has 0 bridgehead atoms. The van der Waals surface area contributed by atoms with Crippen LogP contribution in [0, 0.1) is 11.6 Å². The van der Waals surface area contributed by atoms with E-state index in [1.54, 1.807) is 60.7 Å². The number of halogens is 2. The molecule has 0 atom stereocenters. The number of anilines is 2. The van der Waals surface area contributed by atoms with Crippen LogP contribution in [-0.2, 0) is 24.0 Å². The molecule has 1 aliphatic carbocycles. The van der Waals surface area contributed by atoms with Crippen molar-refractivity contribution in [1.82, 2.24) is 10.2 Å². The summed E-state index contributed by atoms with van der Waals surface area (Å²) in [6, 6.07) is 21.0. The van der Waals surface area contributed by atoms with E-state index in [0.717, 1.165) is 36.8 Å². The lowest BCUT2D eigenvalue weighted by Gasteiger charge is -2.26. The van der Waals surface area contributed by atoms with Crippen molar-refractivity contribution in [3.63, 3.8) is 0 Å². The highest BCUT2D eigenvalue weighted by atomic mass is 19.1. The van der Waals surface area contributed by atoms with Gasteiger partial charge in [0.2, 0.25) is 0 Å². The van der Waals surface area contributed by atoms with Crippen LogP contribution >= 0.6 is 0 Å². The van der Waals surface area contributed by atoms with Gasteiger partial charge in [-0.15, -0.1) is 0 Å². The molecule has 4 aromatic rings. The van der Waals surface area contributed by atoms with E-state index in [-0.39, 0.29) is 38.0 Å². The molecule has 0 radical (unpaired) electrons. The fourth-order valence-corrected chi connectivity index (χ4v) is 5.80. The van der Waals surface area contributed by atoms with E-state index in [1.807, 2.05) is 6.07 Å². The molecule has 0 spiro atoms. The molecular formula is C36H37F2N3O4. The van der Waals surface area contributed by atoms with Crippen LogP contribution in [0.4, 0.5) is 20.2 Å². The van der Waals surface area contributed by atoms with Crippen molar-refractivity contribution < 1.29 is 30.8 Å². The Hall–Kier alpha value is -4.73. The van der Waals surface area contributed by atoms with Gasteiger partial charge in [0.25, 0.3) is 5.91 Å². The van der Waals surface area contributed by atoms with Crippen molar-refractivity contribution in [2.45, 2.75) is 19.3 Å². The molecule has 0 unspecified atom stereocenters. The number of ether oxygens (including phenoxy) is 1. The number of amides is 1. The van der Waals surface area contributed by atoms with Crippen LogP contribution in [0.15, 0.2) is 78.9 Å². The van der Waals surface area contributed by atoms with Crippen molar-refractivity contribution >= 4 is 28.8 Å². The molecule has 7 nitrogen and oxygen atoms in total. The number of aryl methyl sites for hydroxylation is 2. The maximum Gasteiger partial charge on any atom is 0.251 e. The lowest BCUT2D eigenvalue weighted by Crippen LogP contribution is -2.41. The van der Waals surface area contributed by atoms with Gasteiger partial charge in [0.1, 0.15) is 11.6 Å². The quantitative estimate of drug-likeness (QED) is 0.225. The summed E-state index contributed by atoms with van der Waals surface area (Å²) >= 11 is 0. The number of ketones is 2. The zero-order valence-electron chi connectivity index (χ0n) is 24.7. The number of hydrogen-bond donors (Lipinski definition) is 2. The Kier molecular flexibility index (Phi) is 9.09. The number of nitrogens with one attached hydrogen (secondary N) is 2. The molecule has 1 fully saturated rings. The van der Waals surface area contributed by atoms with Crippen LogP contribution in [0.3, 0.4) is 0 Å². The maximum atomic E-state index is 14.8. The van der Waals surface area contributed by atoms with Crippen molar-refractivity contribution in [3.8, 4) is 0 Å². The Morgan fingerprint density at radius 1 is 0.822 bits per heavy atom. The van der Waals surface area contributed by atoms with Gasteiger partial charge >= 0.3 is 0 Å². The molecule has 234 valence electrons. The molecule has 1 heterocycles. The average Bonchev–Trinajstić information content (AvgIpc) is 3.19. The highest BCUT2D eigenvalue weighted by Gasteiger charge is 2.23. The first-order valence-electron chi connectivity index (χ1n) is 15.1. The van der Waals surface area contributed by atoms with Gasteiger partial charge in [-0.2, -0.15) is 0 Å². The first-order valence-corrected chi connectivity index (χ1v) is 15.1. The largest absolute Gasteiger partial charge is 0.379 e.